The third-order valence-corrected chi connectivity index (χ3v) is 3.72. The standard InChI is InChI=1S/C13H20N4/c1-3-17(4-2)13-15-11-8-14-7-10(11)12(16-13)9-5-6-9/h9,14H,3-8H2,1-2H3. The van der Waals surface area contributed by atoms with Crippen LogP contribution in [-0.2, 0) is 13.1 Å². The molecule has 0 unspecified atom stereocenters. The maximum atomic E-state index is 4.82. The summed E-state index contributed by atoms with van der Waals surface area (Å²) in [5.41, 5.74) is 3.93. The number of hydrogen-bond donors (Lipinski definition) is 1. The van der Waals surface area contributed by atoms with Crippen molar-refractivity contribution in [3.63, 3.8) is 0 Å². The van der Waals surface area contributed by atoms with Crippen molar-refractivity contribution >= 4 is 5.95 Å². The van der Waals surface area contributed by atoms with Crippen molar-refractivity contribution in [2.75, 3.05) is 18.0 Å². The molecular weight excluding hydrogens is 212 g/mol. The van der Waals surface area contributed by atoms with E-state index < -0.39 is 0 Å². The number of nitrogens with one attached hydrogen (secondary N) is 1. The second kappa shape index (κ2) is 4.26. The molecule has 0 spiro atoms. The molecule has 2 aliphatic rings. The molecular formula is C13H20N4. The van der Waals surface area contributed by atoms with E-state index in [2.05, 4.69) is 24.1 Å². The molecule has 1 aliphatic carbocycles. The lowest BCUT2D eigenvalue weighted by molar-refractivity contribution is 0.754. The van der Waals surface area contributed by atoms with Gasteiger partial charge < -0.3 is 10.2 Å². The first-order valence-corrected chi connectivity index (χ1v) is 6.68. The zero-order valence-electron chi connectivity index (χ0n) is 10.7. The van der Waals surface area contributed by atoms with Crippen molar-refractivity contribution in [1.29, 1.82) is 0 Å². The molecule has 0 aromatic carbocycles. The quantitative estimate of drug-likeness (QED) is 0.859. The lowest BCUT2D eigenvalue weighted by Crippen LogP contribution is -2.25. The Kier molecular flexibility index (Phi) is 2.74. The van der Waals surface area contributed by atoms with Crippen molar-refractivity contribution in [3.8, 4) is 0 Å². The highest BCUT2D eigenvalue weighted by Gasteiger charge is 2.31. The van der Waals surface area contributed by atoms with Crippen LogP contribution >= 0.6 is 0 Å². The largest absolute Gasteiger partial charge is 0.341 e. The molecule has 0 radical (unpaired) electrons. The van der Waals surface area contributed by atoms with Gasteiger partial charge in [-0.05, 0) is 26.7 Å². The number of aromatic nitrogens is 2. The predicted molar refractivity (Wildman–Crippen MR) is 68.1 cm³/mol. The fourth-order valence-corrected chi connectivity index (χ4v) is 2.52. The SMILES string of the molecule is CCN(CC)c1nc2c(c(C3CC3)n1)CNC2. The number of rotatable bonds is 4. The topological polar surface area (TPSA) is 41.1 Å². The van der Waals surface area contributed by atoms with Gasteiger partial charge in [-0.25, -0.2) is 9.97 Å². The molecule has 92 valence electrons. The summed E-state index contributed by atoms with van der Waals surface area (Å²) in [5, 5.41) is 3.39. The van der Waals surface area contributed by atoms with Crippen molar-refractivity contribution < 1.29 is 0 Å². The summed E-state index contributed by atoms with van der Waals surface area (Å²) in [6.45, 7) is 8.15. The zero-order chi connectivity index (χ0) is 11.8. The van der Waals surface area contributed by atoms with Gasteiger partial charge >= 0.3 is 0 Å². The van der Waals surface area contributed by atoms with Crippen LogP contribution in [-0.4, -0.2) is 23.1 Å². The summed E-state index contributed by atoms with van der Waals surface area (Å²) in [4.78, 5) is 11.8. The Hall–Kier alpha value is -1.16. The van der Waals surface area contributed by atoms with E-state index in [0.29, 0.717) is 5.92 Å². The molecule has 3 rings (SSSR count). The molecule has 1 fully saturated rings. The average molecular weight is 232 g/mol. The van der Waals surface area contributed by atoms with Crippen molar-refractivity contribution in [2.45, 2.75) is 45.7 Å². The monoisotopic (exact) mass is 232 g/mol. The van der Waals surface area contributed by atoms with E-state index in [9.17, 15) is 0 Å². The first-order valence-electron chi connectivity index (χ1n) is 6.68. The smallest absolute Gasteiger partial charge is 0.225 e. The Balaban J connectivity index is 2.02. The molecule has 0 atom stereocenters. The van der Waals surface area contributed by atoms with Crippen LogP contribution in [0, 0.1) is 0 Å². The first kappa shape index (κ1) is 11.0. The minimum Gasteiger partial charge on any atom is -0.341 e. The third kappa shape index (κ3) is 1.90. The van der Waals surface area contributed by atoms with Crippen LogP contribution in [0.2, 0.25) is 0 Å². The first-order chi connectivity index (χ1) is 8.33. The maximum absolute atomic E-state index is 4.82. The van der Waals surface area contributed by atoms with E-state index in [1.54, 1.807) is 0 Å². The maximum Gasteiger partial charge on any atom is 0.225 e. The van der Waals surface area contributed by atoms with E-state index in [0.717, 1.165) is 32.1 Å². The Morgan fingerprint density at radius 2 is 1.94 bits per heavy atom. The molecule has 1 aromatic rings. The fraction of sp³-hybridized carbons (Fsp3) is 0.692. The van der Waals surface area contributed by atoms with Gasteiger partial charge in [-0.2, -0.15) is 0 Å². The van der Waals surface area contributed by atoms with Gasteiger partial charge in [-0.15, -0.1) is 0 Å². The normalized spacial score (nSPS) is 18.2. The Bertz CT molecular complexity index is 422. The highest BCUT2D eigenvalue weighted by molar-refractivity contribution is 5.41. The molecule has 17 heavy (non-hydrogen) atoms. The van der Waals surface area contributed by atoms with Gasteiger partial charge in [0.15, 0.2) is 0 Å². The predicted octanol–water partition coefficient (Wildman–Crippen LogP) is 1.80. The molecule has 1 aliphatic heterocycles. The van der Waals surface area contributed by atoms with Gasteiger partial charge in [0.1, 0.15) is 0 Å². The number of nitrogens with zero attached hydrogens (tertiary/aromatic N) is 3. The van der Waals surface area contributed by atoms with Crippen molar-refractivity contribution in [3.05, 3.63) is 17.0 Å². The third-order valence-electron chi connectivity index (χ3n) is 3.72. The van der Waals surface area contributed by atoms with Crippen LogP contribution in [0.5, 0.6) is 0 Å². The lowest BCUT2D eigenvalue weighted by atomic mass is 10.1. The van der Waals surface area contributed by atoms with Crippen LogP contribution in [0.1, 0.15) is 49.6 Å². The van der Waals surface area contributed by atoms with Crippen LogP contribution in [0.25, 0.3) is 0 Å². The number of fused-ring (bicyclic) bond motifs is 1. The molecule has 0 amide bonds. The van der Waals surface area contributed by atoms with Crippen LogP contribution < -0.4 is 10.2 Å². The molecule has 1 aromatic heterocycles. The highest BCUT2D eigenvalue weighted by atomic mass is 15.3. The Labute approximate surface area is 102 Å². The van der Waals surface area contributed by atoms with Crippen LogP contribution in [0.15, 0.2) is 0 Å². The van der Waals surface area contributed by atoms with E-state index in [-0.39, 0.29) is 0 Å². The van der Waals surface area contributed by atoms with Crippen molar-refractivity contribution in [2.24, 2.45) is 0 Å². The molecule has 4 nitrogen and oxygen atoms in total. The van der Waals surface area contributed by atoms with Gasteiger partial charge in [0.2, 0.25) is 5.95 Å². The van der Waals surface area contributed by atoms with Crippen LogP contribution in [0.4, 0.5) is 5.95 Å². The summed E-state index contributed by atoms with van der Waals surface area (Å²) in [5.74, 6) is 1.64. The minimum absolute atomic E-state index is 0.709. The Morgan fingerprint density at radius 3 is 2.59 bits per heavy atom. The summed E-state index contributed by atoms with van der Waals surface area (Å²) in [6, 6.07) is 0. The van der Waals surface area contributed by atoms with Gasteiger partial charge in [0.25, 0.3) is 0 Å². The Morgan fingerprint density at radius 1 is 1.18 bits per heavy atom. The average Bonchev–Trinajstić information content (AvgIpc) is 3.08. The van der Waals surface area contributed by atoms with Gasteiger partial charge in [-0.3, -0.25) is 0 Å². The second-order valence-corrected chi connectivity index (χ2v) is 4.88. The molecule has 0 bridgehead atoms. The van der Waals surface area contributed by atoms with Crippen LogP contribution in [0.3, 0.4) is 0 Å². The van der Waals surface area contributed by atoms with Gasteiger partial charge in [-0.1, -0.05) is 0 Å². The van der Waals surface area contributed by atoms with Crippen molar-refractivity contribution in [1.82, 2.24) is 15.3 Å². The lowest BCUT2D eigenvalue weighted by Gasteiger charge is -2.20. The van der Waals surface area contributed by atoms with Gasteiger partial charge in [0.05, 0.1) is 11.4 Å². The number of anilines is 1. The second-order valence-electron chi connectivity index (χ2n) is 4.88. The van der Waals surface area contributed by atoms with E-state index in [1.165, 1.54) is 29.8 Å². The fourth-order valence-electron chi connectivity index (χ4n) is 2.52. The van der Waals surface area contributed by atoms with E-state index in [1.807, 2.05) is 0 Å². The molecule has 2 heterocycles. The summed E-state index contributed by atoms with van der Waals surface area (Å²) >= 11 is 0. The summed E-state index contributed by atoms with van der Waals surface area (Å²) in [6.07, 6.45) is 2.61. The summed E-state index contributed by atoms with van der Waals surface area (Å²) < 4.78 is 0. The highest BCUT2D eigenvalue weighted by Crippen LogP contribution is 2.42. The minimum atomic E-state index is 0.709. The molecule has 4 heteroatoms. The van der Waals surface area contributed by atoms with E-state index in [4.69, 9.17) is 9.97 Å². The molecule has 1 N–H and O–H groups in total. The zero-order valence-corrected chi connectivity index (χ0v) is 10.7. The summed E-state index contributed by atoms with van der Waals surface area (Å²) in [7, 11) is 0. The number of hydrogen-bond acceptors (Lipinski definition) is 4. The van der Waals surface area contributed by atoms with E-state index >= 15 is 0 Å². The van der Waals surface area contributed by atoms with Gasteiger partial charge in [0, 0.05) is 37.7 Å². The molecule has 1 saturated carbocycles. The molecule has 0 saturated heterocycles.